The van der Waals surface area contributed by atoms with E-state index < -0.39 is 28.3 Å². The SMILES string of the molecule is CC[C@H](C)N(C(=O)COC(=O)/C=C/c1ccc(O)c(OC)c1)[C@H]1CCS(=O)(=O)C1. The van der Waals surface area contributed by atoms with E-state index in [4.69, 9.17) is 9.47 Å². The molecule has 0 radical (unpaired) electrons. The minimum atomic E-state index is -3.14. The molecule has 29 heavy (non-hydrogen) atoms. The first-order valence-electron chi connectivity index (χ1n) is 9.40. The smallest absolute Gasteiger partial charge is 0.331 e. The van der Waals surface area contributed by atoms with Gasteiger partial charge in [0.05, 0.1) is 18.6 Å². The third-order valence-corrected chi connectivity index (χ3v) is 6.66. The van der Waals surface area contributed by atoms with Gasteiger partial charge in [0.1, 0.15) is 0 Å². The molecule has 8 nitrogen and oxygen atoms in total. The van der Waals surface area contributed by atoms with Gasteiger partial charge in [-0.1, -0.05) is 13.0 Å². The number of ether oxygens (including phenoxy) is 2. The zero-order valence-electron chi connectivity index (χ0n) is 16.8. The predicted octanol–water partition coefficient (Wildman–Crippen LogP) is 1.77. The molecule has 2 atom stereocenters. The molecule has 160 valence electrons. The van der Waals surface area contributed by atoms with E-state index in [1.165, 1.54) is 30.2 Å². The Morgan fingerprint density at radius 1 is 1.38 bits per heavy atom. The molecule has 0 bridgehead atoms. The molecule has 1 heterocycles. The molecule has 0 aliphatic carbocycles. The third kappa shape index (κ3) is 6.22. The van der Waals surface area contributed by atoms with Gasteiger partial charge in [-0.3, -0.25) is 4.79 Å². The van der Waals surface area contributed by atoms with Gasteiger partial charge in [-0.25, -0.2) is 13.2 Å². The highest BCUT2D eigenvalue weighted by molar-refractivity contribution is 7.91. The standard InChI is InChI=1S/C20H27NO7S/c1-4-14(2)21(16-9-10-29(25,26)13-16)19(23)12-28-20(24)8-6-15-5-7-17(22)18(11-15)27-3/h5-8,11,14,16,22H,4,9-10,12-13H2,1-3H3/b8-6+/t14-,16-/m0/s1. The summed E-state index contributed by atoms with van der Waals surface area (Å²) in [6, 6.07) is 4.04. The number of amides is 1. The van der Waals surface area contributed by atoms with Gasteiger partial charge in [-0.15, -0.1) is 0 Å². The Balaban J connectivity index is 1.97. The van der Waals surface area contributed by atoms with E-state index in [-0.39, 0.29) is 35.1 Å². The molecule has 0 unspecified atom stereocenters. The Labute approximate surface area is 171 Å². The number of nitrogens with zero attached hydrogens (tertiary/aromatic N) is 1. The maximum absolute atomic E-state index is 12.6. The summed E-state index contributed by atoms with van der Waals surface area (Å²) in [6.45, 7) is 3.31. The second-order valence-electron chi connectivity index (χ2n) is 6.99. The van der Waals surface area contributed by atoms with E-state index in [0.29, 0.717) is 18.4 Å². The lowest BCUT2D eigenvalue weighted by Gasteiger charge is -2.33. The molecular formula is C20H27NO7S. The molecule has 1 saturated heterocycles. The number of hydrogen-bond donors (Lipinski definition) is 1. The monoisotopic (exact) mass is 425 g/mol. The van der Waals surface area contributed by atoms with E-state index in [9.17, 15) is 23.1 Å². The lowest BCUT2D eigenvalue weighted by atomic mass is 10.1. The largest absolute Gasteiger partial charge is 0.504 e. The van der Waals surface area contributed by atoms with Crippen LogP contribution in [0, 0.1) is 0 Å². The van der Waals surface area contributed by atoms with Crippen molar-refractivity contribution >= 4 is 27.8 Å². The number of carbonyl (C=O) groups is 2. The number of hydrogen-bond acceptors (Lipinski definition) is 7. The van der Waals surface area contributed by atoms with E-state index in [0.717, 1.165) is 0 Å². The number of esters is 1. The van der Waals surface area contributed by atoms with Gasteiger partial charge >= 0.3 is 5.97 Å². The number of rotatable bonds is 8. The number of aromatic hydroxyl groups is 1. The highest BCUT2D eigenvalue weighted by Crippen LogP contribution is 2.26. The van der Waals surface area contributed by atoms with E-state index >= 15 is 0 Å². The summed E-state index contributed by atoms with van der Waals surface area (Å²) < 4.78 is 33.6. The topological polar surface area (TPSA) is 110 Å². The van der Waals surface area contributed by atoms with Gasteiger partial charge < -0.3 is 19.5 Å². The van der Waals surface area contributed by atoms with Crippen molar-refractivity contribution in [2.24, 2.45) is 0 Å². The Kier molecular flexibility index (Phi) is 7.66. The number of carbonyl (C=O) groups excluding carboxylic acids is 2. The Bertz CT molecular complexity index is 879. The van der Waals surface area contributed by atoms with E-state index in [1.54, 1.807) is 12.1 Å². The van der Waals surface area contributed by atoms with Gasteiger partial charge in [-0.05, 0) is 43.5 Å². The van der Waals surface area contributed by atoms with Crippen molar-refractivity contribution in [3.05, 3.63) is 29.8 Å². The Morgan fingerprint density at radius 3 is 2.69 bits per heavy atom. The van der Waals surface area contributed by atoms with Crippen LogP contribution < -0.4 is 4.74 Å². The minimum Gasteiger partial charge on any atom is -0.504 e. The molecule has 1 fully saturated rings. The van der Waals surface area contributed by atoms with Crippen molar-refractivity contribution in [1.29, 1.82) is 0 Å². The fourth-order valence-electron chi connectivity index (χ4n) is 3.22. The van der Waals surface area contributed by atoms with Gasteiger partial charge in [0.15, 0.2) is 27.9 Å². The average Bonchev–Trinajstić information content (AvgIpc) is 3.04. The van der Waals surface area contributed by atoms with Gasteiger partial charge in [0.25, 0.3) is 5.91 Å². The molecule has 1 aromatic carbocycles. The average molecular weight is 426 g/mol. The fourth-order valence-corrected chi connectivity index (χ4v) is 4.93. The molecule has 9 heteroatoms. The molecule has 1 amide bonds. The van der Waals surface area contributed by atoms with Crippen molar-refractivity contribution in [3.63, 3.8) is 0 Å². The van der Waals surface area contributed by atoms with Gasteiger partial charge in [0.2, 0.25) is 0 Å². The summed E-state index contributed by atoms with van der Waals surface area (Å²) in [4.78, 5) is 26.1. The van der Waals surface area contributed by atoms with E-state index in [1.807, 2.05) is 13.8 Å². The van der Waals surface area contributed by atoms with Crippen LogP contribution in [0.1, 0.15) is 32.3 Å². The summed E-state index contributed by atoms with van der Waals surface area (Å²) >= 11 is 0. The number of methoxy groups -OCH3 is 1. The van der Waals surface area contributed by atoms with Crippen molar-refractivity contribution in [2.45, 2.75) is 38.8 Å². The normalized spacial score (nSPS) is 19.1. The van der Waals surface area contributed by atoms with Crippen molar-refractivity contribution in [2.75, 3.05) is 25.2 Å². The quantitative estimate of drug-likeness (QED) is 0.499. The molecule has 0 saturated carbocycles. The summed E-state index contributed by atoms with van der Waals surface area (Å²) in [6.07, 6.45) is 3.71. The van der Waals surface area contributed by atoms with E-state index in [2.05, 4.69) is 0 Å². The molecule has 1 N–H and O–H groups in total. The number of sulfone groups is 1. The maximum atomic E-state index is 12.6. The van der Waals surface area contributed by atoms with Crippen LogP contribution in [0.15, 0.2) is 24.3 Å². The van der Waals surface area contributed by atoms with Crippen LogP contribution in [0.2, 0.25) is 0 Å². The zero-order chi connectivity index (χ0) is 21.6. The van der Waals surface area contributed by atoms with Crippen LogP contribution in [0.3, 0.4) is 0 Å². The van der Waals surface area contributed by atoms with Crippen LogP contribution in [-0.2, 0) is 24.2 Å². The molecule has 0 spiro atoms. The first-order valence-corrected chi connectivity index (χ1v) is 11.2. The lowest BCUT2D eigenvalue weighted by molar-refractivity contribution is -0.150. The number of phenolic OH excluding ortho intramolecular Hbond substituents is 1. The molecule has 0 aromatic heterocycles. The first-order chi connectivity index (χ1) is 13.7. The maximum Gasteiger partial charge on any atom is 0.331 e. The second-order valence-corrected chi connectivity index (χ2v) is 9.22. The first kappa shape index (κ1) is 22.7. The van der Waals surface area contributed by atoms with Crippen LogP contribution in [0.4, 0.5) is 0 Å². The fraction of sp³-hybridized carbons (Fsp3) is 0.500. The summed E-state index contributed by atoms with van der Waals surface area (Å²) in [7, 11) is -1.72. The predicted molar refractivity (Wildman–Crippen MR) is 108 cm³/mol. The molecule has 1 aromatic rings. The highest BCUT2D eigenvalue weighted by Gasteiger charge is 2.36. The summed E-state index contributed by atoms with van der Waals surface area (Å²) in [5.74, 6) is -0.845. The van der Waals surface area contributed by atoms with Gasteiger partial charge in [-0.2, -0.15) is 0 Å². The second kappa shape index (κ2) is 9.78. The summed E-state index contributed by atoms with van der Waals surface area (Å²) in [5, 5.41) is 9.58. The van der Waals surface area contributed by atoms with Gasteiger partial charge in [0, 0.05) is 18.2 Å². The minimum absolute atomic E-state index is 0.0168. The molecule has 1 aliphatic heterocycles. The Hall–Kier alpha value is -2.55. The molecule has 1 aliphatic rings. The number of phenols is 1. The van der Waals surface area contributed by atoms with Crippen LogP contribution in [0.5, 0.6) is 11.5 Å². The highest BCUT2D eigenvalue weighted by atomic mass is 32.2. The molecular weight excluding hydrogens is 398 g/mol. The zero-order valence-corrected chi connectivity index (χ0v) is 17.6. The van der Waals surface area contributed by atoms with Crippen molar-refractivity contribution < 1.29 is 32.6 Å². The summed E-state index contributed by atoms with van der Waals surface area (Å²) in [5.41, 5.74) is 0.611. The van der Waals surface area contributed by atoms with Crippen LogP contribution in [0.25, 0.3) is 6.08 Å². The van der Waals surface area contributed by atoms with Crippen molar-refractivity contribution in [1.82, 2.24) is 4.90 Å². The Morgan fingerprint density at radius 2 is 2.10 bits per heavy atom. The molecule has 2 rings (SSSR count). The van der Waals surface area contributed by atoms with Crippen LogP contribution in [-0.4, -0.2) is 67.6 Å². The van der Waals surface area contributed by atoms with Crippen molar-refractivity contribution in [3.8, 4) is 11.5 Å². The number of benzene rings is 1. The third-order valence-electron chi connectivity index (χ3n) is 4.91. The van der Waals surface area contributed by atoms with Crippen LogP contribution >= 0.6 is 0 Å². The lowest BCUT2D eigenvalue weighted by Crippen LogP contribution is -2.48.